The van der Waals surface area contributed by atoms with Gasteiger partial charge in [0.25, 0.3) is 0 Å². The van der Waals surface area contributed by atoms with Crippen LogP contribution in [0.1, 0.15) is 18.4 Å². The largest absolute Gasteiger partial charge is 0.321 e. The van der Waals surface area contributed by atoms with Gasteiger partial charge >= 0.3 is 0 Å². The van der Waals surface area contributed by atoms with Gasteiger partial charge < -0.3 is 5.73 Å². The summed E-state index contributed by atoms with van der Waals surface area (Å²) >= 11 is 3.58. The molecule has 0 amide bonds. The zero-order valence-corrected chi connectivity index (χ0v) is 9.92. The second kappa shape index (κ2) is 3.06. The highest BCUT2D eigenvalue weighted by Gasteiger charge is 2.40. The Morgan fingerprint density at radius 2 is 1.67 bits per heavy atom. The monoisotopic (exact) mass is 261 g/mol. The number of benzene rings is 2. The number of hydrogen-bond acceptors (Lipinski definition) is 1. The van der Waals surface area contributed by atoms with E-state index in [-0.39, 0.29) is 5.54 Å². The van der Waals surface area contributed by atoms with E-state index in [1.807, 2.05) is 0 Å². The van der Waals surface area contributed by atoms with E-state index in [0.29, 0.717) is 0 Å². The number of halogens is 1. The summed E-state index contributed by atoms with van der Waals surface area (Å²) in [5.41, 5.74) is 7.51. The molecule has 1 nitrogen and oxygen atoms in total. The first kappa shape index (κ1) is 9.37. The molecule has 0 aliphatic heterocycles. The van der Waals surface area contributed by atoms with Crippen LogP contribution in [0.3, 0.4) is 0 Å². The van der Waals surface area contributed by atoms with Crippen molar-refractivity contribution in [3.63, 3.8) is 0 Å². The molecule has 0 atom stereocenters. The van der Waals surface area contributed by atoms with Crippen molar-refractivity contribution >= 4 is 26.7 Å². The van der Waals surface area contributed by atoms with Crippen LogP contribution < -0.4 is 5.73 Å². The van der Waals surface area contributed by atoms with Crippen LogP contribution in [-0.4, -0.2) is 0 Å². The maximum absolute atomic E-state index is 6.27. The maximum Gasteiger partial charge on any atom is 0.0417 e. The van der Waals surface area contributed by atoms with Crippen LogP contribution in [0.4, 0.5) is 0 Å². The predicted octanol–water partition coefficient (Wildman–Crippen LogP) is 3.55. The molecule has 2 aromatic carbocycles. The van der Waals surface area contributed by atoms with Crippen molar-refractivity contribution in [3.8, 4) is 0 Å². The van der Waals surface area contributed by atoms with Crippen LogP contribution >= 0.6 is 15.9 Å². The van der Waals surface area contributed by atoms with Crippen LogP contribution in [0.2, 0.25) is 0 Å². The third-order valence-electron chi connectivity index (χ3n) is 3.19. The van der Waals surface area contributed by atoms with Crippen LogP contribution in [0.5, 0.6) is 0 Å². The molecule has 0 saturated heterocycles. The molecule has 15 heavy (non-hydrogen) atoms. The van der Waals surface area contributed by atoms with Gasteiger partial charge in [-0.3, -0.25) is 0 Å². The van der Waals surface area contributed by atoms with E-state index in [2.05, 4.69) is 52.3 Å². The Hall–Kier alpha value is -0.860. The van der Waals surface area contributed by atoms with Gasteiger partial charge in [0.1, 0.15) is 0 Å². The molecule has 0 spiro atoms. The van der Waals surface area contributed by atoms with Crippen molar-refractivity contribution in [3.05, 3.63) is 46.4 Å². The van der Waals surface area contributed by atoms with Crippen molar-refractivity contribution in [1.29, 1.82) is 0 Å². The van der Waals surface area contributed by atoms with E-state index in [1.54, 1.807) is 0 Å². The molecule has 0 radical (unpaired) electrons. The Bertz CT molecular complexity index is 529. The molecule has 76 valence electrons. The summed E-state index contributed by atoms with van der Waals surface area (Å²) < 4.78 is 1.14. The lowest BCUT2D eigenvalue weighted by Gasteiger charge is -2.13. The van der Waals surface area contributed by atoms with Crippen molar-refractivity contribution in [2.75, 3.05) is 0 Å². The van der Waals surface area contributed by atoms with E-state index >= 15 is 0 Å². The first-order valence-electron chi connectivity index (χ1n) is 5.17. The fourth-order valence-corrected chi connectivity index (χ4v) is 2.61. The molecular formula is C13H12BrN. The summed E-state index contributed by atoms with van der Waals surface area (Å²) in [6, 6.07) is 12.7. The lowest BCUT2D eigenvalue weighted by Crippen LogP contribution is -2.18. The highest BCUT2D eigenvalue weighted by atomic mass is 79.9. The van der Waals surface area contributed by atoms with E-state index in [0.717, 1.165) is 17.3 Å². The minimum Gasteiger partial charge on any atom is -0.321 e. The van der Waals surface area contributed by atoms with Gasteiger partial charge in [-0.2, -0.15) is 0 Å². The fraction of sp³-hybridized carbons (Fsp3) is 0.231. The Labute approximate surface area is 97.4 Å². The summed E-state index contributed by atoms with van der Waals surface area (Å²) in [7, 11) is 0. The Kier molecular flexibility index (Phi) is 1.91. The van der Waals surface area contributed by atoms with Crippen LogP contribution in [0.25, 0.3) is 10.8 Å². The zero-order chi connectivity index (χ0) is 10.5. The molecule has 2 aromatic rings. The molecule has 1 aliphatic rings. The number of fused-ring (bicyclic) bond motifs is 1. The molecule has 0 heterocycles. The van der Waals surface area contributed by atoms with E-state index in [4.69, 9.17) is 5.73 Å². The minimum absolute atomic E-state index is 0.0553. The fourth-order valence-electron chi connectivity index (χ4n) is 2.11. The highest BCUT2D eigenvalue weighted by Crippen LogP contribution is 2.45. The van der Waals surface area contributed by atoms with Crippen molar-refractivity contribution in [1.82, 2.24) is 0 Å². The normalized spacial score (nSPS) is 18.0. The van der Waals surface area contributed by atoms with Gasteiger partial charge in [-0.25, -0.2) is 0 Å². The number of rotatable bonds is 1. The third kappa shape index (κ3) is 1.40. The molecule has 0 unspecified atom stereocenters. The van der Waals surface area contributed by atoms with E-state index in [9.17, 15) is 0 Å². The second-order valence-corrected chi connectivity index (χ2v) is 5.15. The number of nitrogens with two attached hydrogens (primary N) is 1. The maximum atomic E-state index is 6.27. The van der Waals surface area contributed by atoms with Crippen molar-refractivity contribution in [2.45, 2.75) is 18.4 Å². The van der Waals surface area contributed by atoms with E-state index in [1.165, 1.54) is 16.3 Å². The molecule has 1 aliphatic carbocycles. The zero-order valence-electron chi connectivity index (χ0n) is 8.33. The van der Waals surface area contributed by atoms with Gasteiger partial charge in [0.2, 0.25) is 0 Å². The van der Waals surface area contributed by atoms with Crippen molar-refractivity contribution < 1.29 is 0 Å². The predicted molar refractivity (Wildman–Crippen MR) is 66.7 cm³/mol. The van der Waals surface area contributed by atoms with Crippen LogP contribution in [0.15, 0.2) is 40.9 Å². The molecule has 1 saturated carbocycles. The van der Waals surface area contributed by atoms with Crippen LogP contribution in [0, 0.1) is 0 Å². The smallest absolute Gasteiger partial charge is 0.0417 e. The summed E-state index contributed by atoms with van der Waals surface area (Å²) in [6.45, 7) is 0. The van der Waals surface area contributed by atoms with Crippen molar-refractivity contribution in [2.24, 2.45) is 5.73 Å². The SMILES string of the molecule is NC1(c2cccc3c(Br)cccc23)CC1. The van der Waals surface area contributed by atoms with Gasteiger partial charge in [-0.15, -0.1) is 0 Å². The quantitative estimate of drug-likeness (QED) is 0.835. The Balaban J connectivity index is 2.36. The topological polar surface area (TPSA) is 26.0 Å². The molecule has 0 aromatic heterocycles. The number of hydrogen-bond donors (Lipinski definition) is 1. The summed E-state index contributed by atoms with van der Waals surface area (Å²) in [6.07, 6.45) is 2.22. The third-order valence-corrected chi connectivity index (χ3v) is 3.89. The highest BCUT2D eigenvalue weighted by molar-refractivity contribution is 9.10. The van der Waals surface area contributed by atoms with Crippen LogP contribution in [-0.2, 0) is 5.54 Å². The lowest BCUT2D eigenvalue weighted by atomic mass is 9.98. The summed E-state index contributed by atoms with van der Waals surface area (Å²) in [5, 5.41) is 2.54. The first-order valence-corrected chi connectivity index (χ1v) is 5.97. The van der Waals surface area contributed by atoms with E-state index < -0.39 is 0 Å². The second-order valence-electron chi connectivity index (χ2n) is 4.30. The van der Waals surface area contributed by atoms with Gasteiger partial charge in [0.05, 0.1) is 0 Å². The molecule has 2 N–H and O–H groups in total. The van der Waals surface area contributed by atoms with Gasteiger partial charge in [0.15, 0.2) is 0 Å². The minimum atomic E-state index is -0.0553. The average molecular weight is 262 g/mol. The van der Waals surface area contributed by atoms with Gasteiger partial charge in [-0.05, 0) is 35.2 Å². The molecular weight excluding hydrogens is 250 g/mol. The standard InChI is InChI=1S/C13H12BrN/c14-12-6-2-3-9-10(12)4-1-5-11(9)13(15)7-8-13/h1-6H,7-8,15H2. The summed E-state index contributed by atoms with van der Waals surface area (Å²) in [5.74, 6) is 0. The molecule has 0 bridgehead atoms. The Morgan fingerprint density at radius 1 is 1.00 bits per heavy atom. The first-order chi connectivity index (χ1) is 7.21. The van der Waals surface area contributed by atoms with Gasteiger partial charge in [-0.1, -0.05) is 46.3 Å². The molecule has 3 rings (SSSR count). The average Bonchev–Trinajstić information content (AvgIpc) is 2.98. The molecule has 1 fully saturated rings. The summed E-state index contributed by atoms with van der Waals surface area (Å²) in [4.78, 5) is 0. The lowest BCUT2D eigenvalue weighted by molar-refractivity contribution is 0.748. The molecule has 2 heteroatoms. The van der Waals surface area contributed by atoms with Gasteiger partial charge in [0, 0.05) is 10.0 Å². The Morgan fingerprint density at radius 3 is 2.40 bits per heavy atom.